The quantitative estimate of drug-likeness (QED) is 0.487. The van der Waals surface area contributed by atoms with Crippen molar-refractivity contribution in [1.82, 2.24) is 0 Å². The molecular formula is C4H15NO. The highest BCUT2D eigenvalue weighted by molar-refractivity contribution is 4.19. The second-order valence-electron chi connectivity index (χ2n) is 0.789. The first-order valence-electron chi connectivity index (χ1n) is 2.06. The van der Waals surface area contributed by atoms with Gasteiger partial charge in [-0.2, -0.15) is 0 Å². The van der Waals surface area contributed by atoms with E-state index in [1.807, 2.05) is 0 Å². The van der Waals surface area contributed by atoms with Crippen LogP contribution in [-0.2, 0) is 0 Å². The van der Waals surface area contributed by atoms with Crippen molar-refractivity contribution < 1.29 is 6.53 Å². The van der Waals surface area contributed by atoms with Crippen molar-refractivity contribution in [2.24, 2.45) is 5.73 Å². The number of rotatable bonds is 1. The zero-order valence-electron chi connectivity index (χ0n) is 4.44. The Labute approximate surface area is 40.5 Å². The summed E-state index contributed by atoms with van der Waals surface area (Å²) in [6, 6.07) is 0. The molecule has 0 amide bonds. The molecule has 0 saturated carbocycles. The molecule has 3 N–H and O–H groups in total. The van der Waals surface area contributed by atoms with Gasteiger partial charge in [0, 0.05) is 8.54 Å². The smallest absolute Gasteiger partial charge is 0.0319 e. The topological polar surface area (TPSA) is 46.2 Å². The van der Waals surface area contributed by atoms with Gasteiger partial charge in [0.15, 0.2) is 0 Å². The predicted molar refractivity (Wildman–Crippen MR) is 29.6 cm³/mol. The lowest BCUT2D eigenvalue weighted by molar-refractivity contribution is 0.399. The second-order valence-corrected chi connectivity index (χ2v) is 0.789. The molecule has 0 saturated heterocycles. The molecule has 0 fully saturated rings. The largest absolute Gasteiger partial charge is 0.400 e. The van der Waals surface area contributed by atoms with Crippen LogP contribution in [0.3, 0.4) is 0 Å². The Morgan fingerprint density at radius 2 is 1.83 bits per heavy atom. The van der Waals surface area contributed by atoms with Crippen LogP contribution in [0.5, 0.6) is 0 Å². The second kappa shape index (κ2) is 20.5. The van der Waals surface area contributed by atoms with Crippen LogP contribution < -0.4 is 5.73 Å². The Kier molecular flexibility index (Phi) is 31.9. The van der Waals surface area contributed by atoms with Gasteiger partial charge in [-0.3, -0.25) is 0 Å². The zero-order valence-corrected chi connectivity index (χ0v) is 4.44. The van der Waals surface area contributed by atoms with Crippen molar-refractivity contribution in [3.8, 4) is 0 Å². The van der Waals surface area contributed by atoms with Gasteiger partial charge < -0.3 is 10.8 Å². The summed E-state index contributed by atoms with van der Waals surface area (Å²) in [5, 5.41) is 7.00. The van der Waals surface area contributed by atoms with E-state index in [1.54, 1.807) is 0 Å². The summed E-state index contributed by atoms with van der Waals surface area (Å²) < 4.78 is 0. The van der Waals surface area contributed by atoms with Crippen LogP contribution in [0.2, 0.25) is 0 Å². The molecule has 0 radical (unpaired) electrons. The van der Waals surface area contributed by atoms with Gasteiger partial charge in [0.25, 0.3) is 0 Å². The number of aliphatic hydroxyl groups is 1. The molecule has 42 valence electrons. The highest BCUT2D eigenvalue weighted by Gasteiger charge is 1.55. The third-order valence-electron chi connectivity index (χ3n) is 0.289. The molecule has 6 heavy (non-hydrogen) atoms. The molecule has 0 aliphatic carbocycles. The van der Waals surface area contributed by atoms with E-state index in [-0.39, 0.29) is 1.43 Å². The van der Waals surface area contributed by atoms with E-state index in [9.17, 15) is 0 Å². The molecule has 0 aromatic rings. The maximum Gasteiger partial charge on any atom is 0.0319 e. The van der Waals surface area contributed by atoms with Crippen LogP contribution in [0.1, 0.15) is 14.8 Å². The summed E-state index contributed by atoms with van der Waals surface area (Å²) in [6.07, 6.45) is 1.10. The van der Waals surface area contributed by atoms with E-state index < -0.39 is 0 Å². The SMILES string of the molecule is CCCN.CO.[HH]. The van der Waals surface area contributed by atoms with Gasteiger partial charge in [-0.1, -0.05) is 6.92 Å². The third kappa shape index (κ3) is 39.5. The molecule has 0 bridgehead atoms. The summed E-state index contributed by atoms with van der Waals surface area (Å²) in [6.45, 7) is 2.88. The van der Waals surface area contributed by atoms with Crippen LogP contribution in [0.15, 0.2) is 0 Å². The number of nitrogens with two attached hydrogens (primary N) is 1. The molecule has 0 atom stereocenters. The fourth-order valence-electron chi connectivity index (χ4n) is 0. The van der Waals surface area contributed by atoms with E-state index >= 15 is 0 Å². The van der Waals surface area contributed by atoms with Crippen LogP contribution in [0.25, 0.3) is 0 Å². The molecule has 0 aliphatic rings. The molecule has 0 heterocycles. The third-order valence-corrected chi connectivity index (χ3v) is 0.289. The first-order chi connectivity index (χ1) is 2.91. The molecule has 0 aliphatic heterocycles. The summed E-state index contributed by atoms with van der Waals surface area (Å²) in [5.74, 6) is 0. The molecule has 2 heteroatoms. The minimum atomic E-state index is 0. The molecule has 0 rings (SSSR count). The van der Waals surface area contributed by atoms with Crippen molar-refractivity contribution in [1.29, 1.82) is 0 Å². The van der Waals surface area contributed by atoms with Gasteiger partial charge in [0.2, 0.25) is 0 Å². The van der Waals surface area contributed by atoms with Crippen LogP contribution in [0, 0.1) is 0 Å². The first kappa shape index (κ1) is 9.33. The lowest BCUT2D eigenvalue weighted by Gasteiger charge is -1.70. The van der Waals surface area contributed by atoms with E-state index in [0.29, 0.717) is 0 Å². The number of hydrogen-bond donors (Lipinski definition) is 2. The Morgan fingerprint density at radius 1 is 1.67 bits per heavy atom. The van der Waals surface area contributed by atoms with E-state index in [1.165, 1.54) is 0 Å². The van der Waals surface area contributed by atoms with Gasteiger partial charge in [0.1, 0.15) is 0 Å². The molecule has 0 aromatic heterocycles. The van der Waals surface area contributed by atoms with Gasteiger partial charge in [-0.25, -0.2) is 0 Å². The molecule has 0 spiro atoms. The molecule has 0 aromatic carbocycles. The summed E-state index contributed by atoms with van der Waals surface area (Å²) in [4.78, 5) is 0. The minimum absolute atomic E-state index is 0. The monoisotopic (exact) mass is 93.1 g/mol. The van der Waals surface area contributed by atoms with Crippen molar-refractivity contribution in [3.05, 3.63) is 0 Å². The number of hydrogen-bond acceptors (Lipinski definition) is 2. The Morgan fingerprint density at radius 3 is 1.83 bits per heavy atom. The van der Waals surface area contributed by atoms with Gasteiger partial charge in [-0.15, -0.1) is 0 Å². The van der Waals surface area contributed by atoms with Crippen molar-refractivity contribution >= 4 is 0 Å². The van der Waals surface area contributed by atoms with E-state index in [4.69, 9.17) is 10.8 Å². The summed E-state index contributed by atoms with van der Waals surface area (Å²) >= 11 is 0. The fourth-order valence-corrected chi connectivity index (χ4v) is 0. The van der Waals surface area contributed by atoms with Gasteiger partial charge in [-0.05, 0) is 13.0 Å². The summed E-state index contributed by atoms with van der Waals surface area (Å²) in [7, 11) is 1.00. The zero-order chi connectivity index (χ0) is 5.41. The summed E-state index contributed by atoms with van der Waals surface area (Å²) in [5.41, 5.74) is 5.03. The van der Waals surface area contributed by atoms with Crippen LogP contribution in [-0.4, -0.2) is 18.8 Å². The number of aliphatic hydroxyl groups excluding tert-OH is 1. The molecule has 2 nitrogen and oxygen atoms in total. The highest BCUT2D eigenvalue weighted by atomic mass is 16.2. The maximum absolute atomic E-state index is 7.00. The average Bonchev–Trinajstić information content (AvgIpc) is 1.72. The molecule has 0 unspecified atom stereocenters. The lowest BCUT2D eigenvalue weighted by Crippen LogP contribution is -1.93. The van der Waals surface area contributed by atoms with Crippen molar-refractivity contribution in [2.75, 3.05) is 13.7 Å². The normalized spacial score (nSPS) is 6.00. The Balaban J connectivity index is -0.0000000480. The average molecular weight is 93.2 g/mol. The van der Waals surface area contributed by atoms with Gasteiger partial charge >= 0.3 is 0 Å². The molecular weight excluding hydrogens is 78.0 g/mol. The van der Waals surface area contributed by atoms with E-state index in [2.05, 4.69) is 6.92 Å². The van der Waals surface area contributed by atoms with E-state index in [0.717, 1.165) is 20.1 Å². The van der Waals surface area contributed by atoms with Crippen LogP contribution in [0.4, 0.5) is 0 Å². The fraction of sp³-hybridized carbons (Fsp3) is 1.00. The standard InChI is InChI=1S/C3H9N.CH4O.H2/c1-2-3-4;1-2;/h2-4H2,1H3;2H,1H3;1H. The van der Waals surface area contributed by atoms with Gasteiger partial charge in [0.05, 0.1) is 0 Å². The first-order valence-corrected chi connectivity index (χ1v) is 2.06. The predicted octanol–water partition coefficient (Wildman–Crippen LogP) is 0.210. The lowest BCUT2D eigenvalue weighted by atomic mass is 10.5. The van der Waals surface area contributed by atoms with Crippen molar-refractivity contribution in [2.45, 2.75) is 13.3 Å². The van der Waals surface area contributed by atoms with Crippen LogP contribution >= 0.6 is 0 Å². The Bertz CT molecular complexity index is 13.7. The van der Waals surface area contributed by atoms with Crippen molar-refractivity contribution in [3.63, 3.8) is 0 Å². The maximum atomic E-state index is 7.00. The Hall–Kier alpha value is -0.0800. The minimum Gasteiger partial charge on any atom is -0.400 e. The highest BCUT2D eigenvalue weighted by Crippen LogP contribution is 1.57.